The quantitative estimate of drug-likeness (QED) is 0.228. The van der Waals surface area contributed by atoms with Gasteiger partial charge in [-0.15, -0.1) is 24.0 Å². The molecular formula is C18H33IN4O2. The summed E-state index contributed by atoms with van der Waals surface area (Å²) >= 11 is 0. The fraction of sp³-hybridized carbons (Fsp3) is 0.611. The molecule has 6 nitrogen and oxygen atoms in total. The van der Waals surface area contributed by atoms with Crippen LogP contribution in [0.3, 0.4) is 0 Å². The molecule has 0 bridgehead atoms. The van der Waals surface area contributed by atoms with E-state index in [0.29, 0.717) is 13.2 Å². The average Bonchev–Trinajstić information content (AvgIpc) is 2.58. The van der Waals surface area contributed by atoms with Gasteiger partial charge in [-0.25, -0.2) is 0 Å². The first-order valence-corrected chi connectivity index (χ1v) is 8.54. The minimum Gasteiger partial charge on any atom is -0.492 e. The van der Waals surface area contributed by atoms with Crippen molar-refractivity contribution in [1.82, 2.24) is 15.5 Å². The largest absolute Gasteiger partial charge is 0.492 e. The van der Waals surface area contributed by atoms with E-state index in [9.17, 15) is 0 Å². The molecule has 0 aliphatic rings. The Balaban J connectivity index is 0.00000576. The second-order valence-electron chi connectivity index (χ2n) is 5.65. The lowest BCUT2D eigenvalue weighted by atomic mass is 10.2. The first-order chi connectivity index (χ1) is 11.7. The maximum absolute atomic E-state index is 5.71. The third kappa shape index (κ3) is 12.0. The molecule has 7 heteroatoms. The lowest BCUT2D eigenvalue weighted by Gasteiger charge is -2.16. The number of aryl methyl sites for hydroxylation is 1. The number of nitrogens with one attached hydrogen (secondary N) is 2. The molecule has 0 heterocycles. The number of nitrogens with zero attached hydrogens (tertiary/aromatic N) is 2. The number of benzene rings is 1. The Labute approximate surface area is 169 Å². The number of guanidine groups is 1. The molecule has 0 radical (unpaired) electrons. The molecule has 0 saturated heterocycles. The van der Waals surface area contributed by atoms with Crippen molar-refractivity contribution >= 4 is 29.9 Å². The Hall–Kier alpha value is -1.06. The zero-order valence-corrected chi connectivity index (χ0v) is 18.2. The van der Waals surface area contributed by atoms with Gasteiger partial charge in [-0.1, -0.05) is 17.7 Å². The molecule has 25 heavy (non-hydrogen) atoms. The maximum atomic E-state index is 5.71. The summed E-state index contributed by atoms with van der Waals surface area (Å²) in [6.07, 6.45) is 0. The summed E-state index contributed by atoms with van der Waals surface area (Å²) in [5.41, 5.74) is 1.23. The van der Waals surface area contributed by atoms with E-state index in [1.807, 2.05) is 24.3 Å². The number of hydrogen-bond acceptors (Lipinski definition) is 4. The summed E-state index contributed by atoms with van der Waals surface area (Å²) < 4.78 is 10.8. The zero-order chi connectivity index (χ0) is 17.6. The maximum Gasteiger partial charge on any atom is 0.191 e. The third-order valence-electron chi connectivity index (χ3n) is 3.46. The number of aliphatic imine (C=N–C) groups is 1. The fourth-order valence-electron chi connectivity index (χ4n) is 2.01. The van der Waals surface area contributed by atoms with Crippen LogP contribution in [-0.4, -0.2) is 71.0 Å². The van der Waals surface area contributed by atoms with Gasteiger partial charge in [-0.05, 0) is 33.0 Å². The van der Waals surface area contributed by atoms with Crippen molar-refractivity contribution in [3.63, 3.8) is 0 Å². The number of methoxy groups -OCH3 is 1. The molecule has 0 saturated carbocycles. The van der Waals surface area contributed by atoms with Crippen molar-refractivity contribution in [2.45, 2.75) is 13.8 Å². The SMILES string of the molecule is CCNC(=NCCN(C)CCOC)NCCOc1ccc(C)cc1.I. The topological polar surface area (TPSA) is 58.1 Å². The average molecular weight is 464 g/mol. The van der Waals surface area contributed by atoms with Gasteiger partial charge in [0.2, 0.25) is 0 Å². The van der Waals surface area contributed by atoms with Gasteiger partial charge in [-0.3, -0.25) is 4.99 Å². The van der Waals surface area contributed by atoms with Crippen molar-refractivity contribution in [2.24, 2.45) is 4.99 Å². The molecule has 1 aromatic rings. The van der Waals surface area contributed by atoms with E-state index in [1.165, 1.54) is 5.56 Å². The van der Waals surface area contributed by atoms with Crippen LogP contribution in [0.5, 0.6) is 5.75 Å². The smallest absolute Gasteiger partial charge is 0.191 e. The highest BCUT2D eigenvalue weighted by Gasteiger charge is 2.00. The molecule has 0 spiro atoms. The molecule has 0 amide bonds. The summed E-state index contributed by atoms with van der Waals surface area (Å²) in [5.74, 6) is 1.72. The van der Waals surface area contributed by atoms with Crippen LogP contribution < -0.4 is 15.4 Å². The standard InChI is InChI=1S/C18H32N4O2.HI/c1-5-19-18(20-10-12-22(3)13-15-23-4)21-11-14-24-17-8-6-16(2)7-9-17;/h6-9H,5,10-15H2,1-4H3,(H2,19,20,21);1H. The Bertz CT molecular complexity index is 469. The van der Waals surface area contributed by atoms with Crippen molar-refractivity contribution in [3.8, 4) is 5.75 Å². The van der Waals surface area contributed by atoms with Crippen molar-refractivity contribution < 1.29 is 9.47 Å². The molecule has 0 aliphatic carbocycles. The van der Waals surface area contributed by atoms with Crippen molar-refractivity contribution in [3.05, 3.63) is 29.8 Å². The predicted octanol–water partition coefficient (Wildman–Crippen LogP) is 2.13. The van der Waals surface area contributed by atoms with Gasteiger partial charge in [0, 0.05) is 26.7 Å². The monoisotopic (exact) mass is 464 g/mol. The Kier molecular flexibility index (Phi) is 14.6. The van der Waals surface area contributed by atoms with E-state index in [2.05, 4.69) is 41.4 Å². The highest BCUT2D eigenvalue weighted by Crippen LogP contribution is 2.10. The molecule has 0 aliphatic heterocycles. The summed E-state index contributed by atoms with van der Waals surface area (Å²) in [4.78, 5) is 6.78. The lowest BCUT2D eigenvalue weighted by Crippen LogP contribution is -2.40. The summed E-state index contributed by atoms with van der Waals surface area (Å²) in [5, 5.41) is 6.54. The van der Waals surface area contributed by atoms with Gasteiger partial charge in [0.25, 0.3) is 0 Å². The van der Waals surface area contributed by atoms with Crippen LogP contribution >= 0.6 is 24.0 Å². The second kappa shape index (κ2) is 15.2. The van der Waals surface area contributed by atoms with Gasteiger partial charge >= 0.3 is 0 Å². The summed E-state index contributed by atoms with van der Waals surface area (Å²) in [6, 6.07) is 8.08. The van der Waals surface area contributed by atoms with Gasteiger partial charge in [-0.2, -0.15) is 0 Å². The molecule has 0 unspecified atom stereocenters. The number of likely N-dealkylation sites (N-methyl/N-ethyl adjacent to an activating group) is 1. The number of rotatable bonds is 11. The minimum atomic E-state index is 0. The second-order valence-corrected chi connectivity index (χ2v) is 5.65. The van der Waals surface area contributed by atoms with E-state index in [4.69, 9.17) is 9.47 Å². The highest BCUT2D eigenvalue weighted by molar-refractivity contribution is 14.0. The number of ether oxygens (including phenoxy) is 2. The van der Waals surface area contributed by atoms with Crippen molar-refractivity contribution in [1.29, 1.82) is 0 Å². The van der Waals surface area contributed by atoms with E-state index in [-0.39, 0.29) is 24.0 Å². The van der Waals surface area contributed by atoms with Crippen LogP contribution in [0.1, 0.15) is 12.5 Å². The zero-order valence-electron chi connectivity index (χ0n) is 15.9. The number of hydrogen-bond donors (Lipinski definition) is 2. The Morgan fingerprint density at radius 3 is 2.48 bits per heavy atom. The van der Waals surface area contributed by atoms with Crippen LogP contribution in [-0.2, 0) is 4.74 Å². The molecule has 0 atom stereocenters. The highest BCUT2D eigenvalue weighted by atomic mass is 127. The molecule has 144 valence electrons. The van der Waals surface area contributed by atoms with Gasteiger partial charge in [0.15, 0.2) is 5.96 Å². The van der Waals surface area contributed by atoms with Crippen molar-refractivity contribution in [2.75, 3.05) is 60.1 Å². The van der Waals surface area contributed by atoms with Crippen LogP contribution in [0.2, 0.25) is 0 Å². The first kappa shape index (κ1) is 23.9. The third-order valence-corrected chi connectivity index (χ3v) is 3.46. The molecule has 1 rings (SSSR count). The normalized spacial score (nSPS) is 11.2. The van der Waals surface area contributed by atoms with E-state index >= 15 is 0 Å². The van der Waals surface area contributed by atoms with Gasteiger partial charge < -0.3 is 25.0 Å². The van der Waals surface area contributed by atoms with E-state index in [1.54, 1.807) is 7.11 Å². The predicted molar refractivity (Wildman–Crippen MR) is 115 cm³/mol. The fourth-order valence-corrected chi connectivity index (χ4v) is 2.01. The first-order valence-electron chi connectivity index (χ1n) is 8.54. The lowest BCUT2D eigenvalue weighted by molar-refractivity contribution is 0.163. The minimum absolute atomic E-state index is 0. The summed E-state index contributed by atoms with van der Waals surface area (Å²) in [7, 11) is 3.79. The van der Waals surface area contributed by atoms with E-state index in [0.717, 1.165) is 44.5 Å². The Morgan fingerprint density at radius 2 is 1.84 bits per heavy atom. The van der Waals surface area contributed by atoms with Gasteiger partial charge in [0.1, 0.15) is 12.4 Å². The van der Waals surface area contributed by atoms with Crippen LogP contribution in [0.15, 0.2) is 29.3 Å². The number of halogens is 1. The van der Waals surface area contributed by atoms with Gasteiger partial charge in [0.05, 0.1) is 19.7 Å². The molecule has 1 aromatic carbocycles. The van der Waals surface area contributed by atoms with Crippen LogP contribution in [0.4, 0.5) is 0 Å². The summed E-state index contributed by atoms with van der Waals surface area (Å²) in [6.45, 7) is 9.58. The van der Waals surface area contributed by atoms with E-state index < -0.39 is 0 Å². The molecule has 0 aromatic heterocycles. The molecule has 2 N–H and O–H groups in total. The van der Waals surface area contributed by atoms with Crippen LogP contribution in [0, 0.1) is 6.92 Å². The van der Waals surface area contributed by atoms with Crippen LogP contribution in [0.25, 0.3) is 0 Å². The molecule has 0 fully saturated rings. The molecular weight excluding hydrogens is 431 g/mol. The Morgan fingerprint density at radius 1 is 1.12 bits per heavy atom.